The Balaban J connectivity index is 1.55. The zero-order valence-electron chi connectivity index (χ0n) is 15.7. The quantitative estimate of drug-likeness (QED) is 0.749. The zero-order valence-corrected chi connectivity index (χ0v) is 15.7. The molecule has 2 aliphatic carbocycles. The number of carbonyl (C=O) groups is 1. The Hall–Kier alpha value is -1.85. The second-order valence-corrected chi connectivity index (χ2v) is 8.15. The molecule has 1 aromatic carbocycles. The highest BCUT2D eigenvalue weighted by atomic mass is 16.5. The van der Waals surface area contributed by atoms with E-state index < -0.39 is 10.9 Å². The SMILES string of the molecule is CN(CC1CCC(C(N)=O)CC1)c1c(OCC2CCCCC2)c(=O)c1=O. The van der Waals surface area contributed by atoms with Crippen molar-refractivity contribution in [3.05, 3.63) is 20.4 Å². The van der Waals surface area contributed by atoms with Crippen LogP contribution in [0, 0.1) is 17.8 Å². The average Bonchev–Trinajstić information content (AvgIpc) is 2.65. The van der Waals surface area contributed by atoms with Crippen LogP contribution in [0.1, 0.15) is 57.8 Å². The maximum absolute atomic E-state index is 12.1. The number of primary amides is 1. The van der Waals surface area contributed by atoms with Crippen molar-refractivity contribution in [1.82, 2.24) is 0 Å². The standard InChI is InChI=1S/C20H30N2O4/c1-22(11-13-7-9-15(10-8-13)20(21)25)16-17(23)18(24)19(16)26-12-14-5-3-2-4-6-14/h13-15H,2-12H2,1H3,(H2,21,25). The molecule has 0 unspecified atom stereocenters. The fraction of sp³-hybridized carbons (Fsp3) is 0.750. The summed E-state index contributed by atoms with van der Waals surface area (Å²) in [6, 6.07) is 0. The number of hydrogen-bond donors (Lipinski definition) is 1. The summed E-state index contributed by atoms with van der Waals surface area (Å²) >= 11 is 0. The molecule has 3 rings (SSSR count). The van der Waals surface area contributed by atoms with Crippen molar-refractivity contribution in [1.29, 1.82) is 0 Å². The highest BCUT2D eigenvalue weighted by molar-refractivity contribution is 5.76. The van der Waals surface area contributed by atoms with Gasteiger partial charge in [-0.2, -0.15) is 0 Å². The Morgan fingerprint density at radius 2 is 1.65 bits per heavy atom. The van der Waals surface area contributed by atoms with Crippen molar-refractivity contribution in [2.75, 3.05) is 25.1 Å². The number of nitrogens with two attached hydrogens (primary N) is 1. The van der Waals surface area contributed by atoms with E-state index >= 15 is 0 Å². The largest absolute Gasteiger partial charge is 0.487 e. The van der Waals surface area contributed by atoms with Crippen molar-refractivity contribution in [2.24, 2.45) is 23.5 Å². The highest BCUT2D eigenvalue weighted by Crippen LogP contribution is 2.31. The van der Waals surface area contributed by atoms with Gasteiger partial charge in [-0.15, -0.1) is 0 Å². The van der Waals surface area contributed by atoms with Crippen LogP contribution in [0.5, 0.6) is 5.75 Å². The lowest BCUT2D eigenvalue weighted by Crippen LogP contribution is -2.42. The lowest BCUT2D eigenvalue weighted by atomic mass is 9.81. The molecular formula is C20H30N2O4. The number of ether oxygens (including phenoxy) is 1. The van der Waals surface area contributed by atoms with Crippen molar-refractivity contribution >= 4 is 11.6 Å². The summed E-state index contributed by atoms with van der Waals surface area (Å²) < 4.78 is 5.78. The summed E-state index contributed by atoms with van der Waals surface area (Å²) in [6.07, 6.45) is 9.48. The zero-order chi connectivity index (χ0) is 18.7. The summed E-state index contributed by atoms with van der Waals surface area (Å²) in [5.74, 6) is 0.935. The van der Waals surface area contributed by atoms with E-state index in [0.717, 1.165) is 38.5 Å². The Labute approximate surface area is 154 Å². The van der Waals surface area contributed by atoms with E-state index in [1.807, 2.05) is 11.9 Å². The number of rotatable bonds is 7. The van der Waals surface area contributed by atoms with E-state index in [1.54, 1.807) is 0 Å². The molecule has 1 amide bonds. The smallest absolute Gasteiger partial charge is 0.272 e. The first-order valence-corrected chi connectivity index (χ1v) is 9.94. The third-order valence-corrected chi connectivity index (χ3v) is 6.19. The molecule has 6 nitrogen and oxygen atoms in total. The third kappa shape index (κ3) is 4.10. The number of nitrogens with zero attached hydrogens (tertiary/aromatic N) is 1. The number of amides is 1. The maximum atomic E-state index is 12.1. The molecule has 2 aliphatic rings. The molecule has 1 aromatic rings. The molecule has 0 radical (unpaired) electrons. The van der Waals surface area contributed by atoms with Gasteiger partial charge in [0.15, 0.2) is 5.75 Å². The molecule has 0 spiro atoms. The first-order chi connectivity index (χ1) is 12.5. The molecule has 0 saturated heterocycles. The normalized spacial score (nSPS) is 24.5. The van der Waals surface area contributed by atoms with Gasteiger partial charge in [0.1, 0.15) is 5.69 Å². The van der Waals surface area contributed by atoms with Crippen LogP contribution >= 0.6 is 0 Å². The monoisotopic (exact) mass is 362 g/mol. The molecule has 0 aromatic heterocycles. The topological polar surface area (TPSA) is 89.7 Å². The van der Waals surface area contributed by atoms with Crippen LogP contribution in [0.2, 0.25) is 0 Å². The third-order valence-electron chi connectivity index (χ3n) is 6.19. The van der Waals surface area contributed by atoms with Crippen LogP contribution in [-0.4, -0.2) is 26.1 Å². The van der Waals surface area contributed by atoms with E-state index in [2.05, 4.69) is 0 Å². The van der Waals surface area contributed by atoms with E-state index in [0.29, 0.717) is 30.7 Å². The fourth-order valence-corrected chi connectivity index (χ4v) is 4.50. The van der Waals surface area contributed by atoms with Gasteiger partial charge < -0.3 is 15.4 Å². The van der Waals surface area contributed by atoms with Gasteiger partial charge in [0.2, 0.25) is 5.91 Å². The van der Waals surface area contributed by atoms with Crippen LogP contribution in [0.25, 0.3) is 0 Å². The van der Waals surface area contributed by atoms with Gasteiger partial charge in [0.25, 0.3) is 10.9 Å². The van der Waals surface area contributed by atoms with E-state index in [1.165, 1.54) is 19.3 Å². The van der Waals surface area contributed by atoms with E-state index in [9.17, 15) is 14.4 Å². The van der Waals surface area contributed by atoms with Gasteiger partial charge >= 0.3 is 0 Å². The van der Waals surface area contributed by atoms with Gasteiger partial charge in [-0.05, 0) is 50.4 Å². The Kier molecular flexibility index (Phi) is 5.99. The summed E-state index contributed by atoms with van der Waals surface area (Å²) in [5, 5.41) is 0. The molecule has 2 N–H and O–H groups in total. The minimum Gasteiger partial charge on any atom is -0.487 e. The van der Waals surface area contributed by atoms with Crippen LogP contribution in [0.3, 0.4) is 0 Å². The predicted octanol–water partition coefficient (Wildman–Crippen LogP) is 1.97. The van der Waals surface area contributed by atoms with Crippen molar-refractivity contribution in [3.63, 3.8) is 0 Å². The number of carbonyl (C=O) groups excluding carboxylic acids is 1. The minimum absolute atomic E-state index is 0.0166. The molecule has 0 aliphatic heterocycles. The van der Waals surface area contributed by atoms with Crippen molar-refractivity contribution in [3.8, 4) is 5.75 Å². The van der Waals surface area contributed by atoms with Gasteiger partial charge in [-0.25, -0.2) is 0 Å². The summed E-state index contributed by atoms with van der Waals surface area (Å²) in [7, 11) is 1.85. The van der Waals surface area contributed by atoms with Crippen LogP contribution in [-0.2, 0) is 4.79 Å². The van der Waals surface area contributed by atoms with E-state index in [-0.39, 0.29) is 17.6 Å². The summed E-state index contributed by atoms with van der Waals surface area (Å²) in [6.45, 7) is 1.24. The molecule has 0 atom stereocenters. The second kappa shape index (κ2) is 8.23. The summed E-state index contributed by atoms with van der Waals surface area (Å²) in [4.78, 5) is 37.2. The maximum Gasteiger partial charge on any atom is 0.272 e. The van der Waals surface area contributed by atoms with Crippen LogP contribution in [0.15, 0.2) is 9.59 Å². The molecule has 6 heteroatoms. The first kappa shape index (κ1) is 18.9. The van der Waals surface area contributed by atoms with Crippen LogP contribution in [0.4, 0.5) is 5.69 Å². The molecule has 2 fully saturated rings. The molecule has 144 valence electrons. The van der Waals surface area contributed by atoms with Crippen LogP contribution < -0.4 is 26.2 Å². The van der Waals surface area contributed by atoms with Gasteiger partial charge in [0.05, 0.1) is 6.61 Å². The van der Waals surface area contributed by atoms with Gasteiger partial charge in [-0.3, -0.25) is 14.4 Å². The fourth-order valence-electron chi connectivity index (χ4n) is 4.50. The number of hydrogen-bond acceptors (Lipinski definition) is 5. The molecular weight excluding hydrogens is 332 g/mol. The molecule has 0 heterocycles. The Morgan fingerprint density at radius 1 is 1.00 bits per heavy atom. The Bertz CT molecular complexity index is 693. The molecule has 0 bridgehead atoms. The lowest BCUT2D eigenvalue weighted by molar-refractivity contribution is -0.122. The van der Waals surface area contributed by atoms with Gasteiger partial charge in [-0.1, -0.05) is 19.3 Å². The first-order valence-electron chi connectivity index (χ1n) is 9.94. The molecule has 26 heavy (non-hydrogen) atoms. The lowest BCUT2D eigenvalue weighted by Gasteiger charge is -2.32. The van der Waals surface area contributed by atoms with E-state index in [4.69, 9.17) is 10.5 Å². The minimum atomic E-state index is -0.486. The summed E-state index contributed by atoms with van der Waals surface area (Å²) in [5.41, 5.74) is 4.90. The average molecular weight is 362 g/mol. The highest BCUT2D eigenvalue weighted by Gasteiger charge is 2.30. The number of anilines is 1. The van der Waals surface area contributed by atoms with Crippen molar-refractivity contribution in [2.45, 2.75) is 57.8 Å². The van der Waals surface area contributed by atoms with Crippen molar-refractivity contribution < 1.29 is 9.53 Å². The molecule has 2 saturated carbocycles. The predicted molar refractivity (Wildman–Crippen MR) is 101 cm³/mol. The second-order valence-electron chi connectivity index (χ2n) is 8.15. The Morgan fingerprint density at radius 3 is 2.27 bits per heavy atom. The van der Waals surface area contributed by atoms with Gasteiger partial charge in [0, 0.05) is 19.5 Å².